The van der Waals surface area contributed by atoms with Gasteiger partial charge in [0.25, 0.3) is 0 Å². The maximum Gasteiger partial charge on any atom is 0.226 e. The van der Waals surface area contributed by atoms with E-state index < -0.39 is 0 Å². The average molecular weight is 281 g/mol. The molecule has 0 aliphatic carbocycles. The first-order chi connectivity index (χ1) is 9.15. The summed E-state index contributed by atoms with van der Waals surface area (Å²) < 4.78 is 0. The van der Waals surface area contributed by atoms with E-state index >= 15 is 0 Å². The number of Topliss-reactive ketones (excluding diaryl/α,β-unsaturated/α-hetero) is 1. The second kappa shape index (κ2) is 6.77. The van der Waals surface area contributed by atoms with Crippen LogP contribution in [0.1, 0.15) is 43.1 Å². The van der Waals surface area contributed by atoms with Gasteiger partial charge in [-0.25, -0.2) is 4.98 Å². The summed E-state index contributed by atoms with van der Waals surface area (Å²) in [6.07, 6.45) is 3.76. The molecule has 0 radical (unpaired) electrons. The average Bonchev–Trinajstić information content (AvgIpc) is 2.86. The fraction of sp³-hybridized carbons (Fsp3) is 0.615. The Hall–Kier alpha value is -1.27. The summed E-state index contributed by atoms with van der Waals surface area (Å²) in [7, 11) is 0. The number of rotatable bonds is 5. The van der Waals surface area contributed by atoms with E-state index in [2.05, 4.69) is 15.6 Å². The minimum Gasteiger partial charge on any atom is -0.317 e. The lowest BCUT2D eigenvalue weighted by Gasteiger charge is -2.21. The van der Waals surface area contributed by atoms with Crippen LogP contribution in [0.5, 0.6) is 0 Å². The van der Waals surface area contributed by atoms with Crippen molar-refractivity contribution in [2.45, 2.75) is 32.6 Å². The standard InChI is InChI=1S/C13H19N3O2S/c1-9(17)11-8-19-13(15-11)16-12(18)3-2-10-4-6-14-7-5-10/h8,10,14H,2-7H2,1H3,(H,15,16,18). The van der Waals surface area contributed by atoms with Crippen molar-refractivity contribution in [1.82, 2.24) is 10.3 Å². The molecule has 6 heteroatoms. The molecule has 1 aliphatic rings. The molecule has 1 aliphatic heterocycles. The van der Waals surface area contributed by atoms with Crippen LogP contribution in [0, 0.1) is 5.92 Å². The predicted molar refractivity (Wildman–Crippen MR) is 75.6 cm³/mol. The first-order valence-electron chi connectivity index (χ1n) is 6.62. The maximum absolute atomic E-state index is 11.8. The summed E-state index contributed by atoms with van der Waals surface area (Å²) in [6, 6.07) is 0. The van der Waals surface area contributed by atoms with Crippen LogP contribution in [0.25, 0.3) is 0 Å². The summed E-state index contributed by atoms with van der Waals surface area (Å²) in [4.78, 5) is 27.0. The molecule has 2 N–H and O–H groups in total. The molecular formula is C13H19N3O2S. The fourth-order valence-corrected chi connectivity index (χ4v) is 2.95. The van der Waals surface area contributed by atoms with Gasteiger partial charge in [-0.05, 0) is 38.3 Å². The van der Waals surface area contributed by atoms with Crippen LogP contribution in [-0.2, 0) is 4.79 Å². The van der Waals surface area contributed by atoms with Gasteiger partial charge in [-0.2, -0.15) is 0 Å². The van der Waals surface area contributed by atoms with Crippen molar-refractivity contribution in [3.8, 4) is 0 Å². The number of aromatic nitrogens is 1. The Morgan fingerprint density at radius 2 is 2.21 bits per heavy atom. The summed E-state index contributed by atoms with van der Waals surface area (Å²) in [6.45, 7) is 3.58. The minimum absolute atomic E-state index is 0.0111. The van der Waals surface area contributed by atoms with Gasteiger partial charge in [0.1, 0.15) is 5.69 Å². The molecule has 2 heterocycles. The van der Waals surface area contributed by atoms with Crippen LogP contribution in [0.2, 0.25) is 0 Å². The summed E-state index contributed by atoms with van der Waals surface area (Å²) in [5.41, 5.74) is 0.415. The Bertz CT molecular complexity index is 452. The van der Waals surface area contributed by atoms with Gasteiger partial charge in [-0.3, -0.25) is 9.59 Å². The number of hydrogen-bond acceptors (Lipinski definition) is 5. The van der Waals surface area contributed by atoms with Crippen molar-refractivity contribution in [2.75, 3.05) is 18.4 Å². The predicted octanol–water partition coefficient (Wildman–Crippen LogP) is 2.06. The Labute approximate surface area is 116 Å². The lowest BCUT2D eigenvalue weighted by molar-refractivity contribution is -0.116. The van der Waals surface area contributed by atoms with E-state index in [4.69, 9.17) is 0 Å². The van der Waals surface area contributed by atoms with Gasteiger partial charge in [0.15, 0.2) is 10.9 Å². The first kappa shape index (κ1) is 14.1. The molecule has 1 fully saturated rings. The molecule has 1 amide bonds. The number of ketones is 1. The number of nitrogens with one attached hydrogen (secondary N) is 2. The van der Waals surface area contributed by atoms with E-state index in [9.17, 15) is 9.59 Å². The van der Waals surface area contributed by atoms with Gasteiger partial charge in [0.05, 0.1) is 0 Å². The van der Waals surface area contributed by atoms with Gasteiger partial charge in [-0.1, -0.05) is 0 Å². The van der Waals surface area contributed by atoms with Gasteiger partial charge in [0, 0.05) is 18.7 Å². The van der Waals surface area contributed by atoms with E-state index in [-0.39, 0.29) is 11.7 Å². The van der Waals surface area contributed by atoms with Crippen molar-refractivity contribution < 1.29 is 9.59 Å². The molecule has 0 spiro atoms. The van der Waals surface area contributed by atoms with Crippen LogP contribution in [-0.4, -0.2) is 29.8 Å². The van der Waals surface area contributed by atoms with Crippen molar-refractivity contribution >= 4 is 28.2 Å². The minimum atomic E-state index is -0.0774. The number of anilines is 1. The van der Waals surface area contributed by atoms with Crippen molar-refractivity contribution in [3.05, 3.63) is 11.1 Å². The smallest absolute Gasteiger partial charge is 0.226 e. The highest BCUT2D eigenvalue weighted by molar-refractivity contribution is 7.14. The lowest BCUT2D eigenvalue weighted by atomic mass is 9.93. The largest absolute Gasteiger partial charge is 0.317 e. The molecule has 5 nitrogen and oxygen atoms in total. The fourth-order valence-electron chi connectivity index (χ4n) is 2.18. The topological polar surface area (TPSA) is 71.1 Å². The normalized spacial score (nSPS) is 16.3. The van der Waals surface area contributed by atoms with Crippen molar-refractivity contribution in [2.24, 2.45) is 5.92 Å². The molecule has 0 saturated carbocycles. The van der Waals surface area contributed by atoms with Gasteiger partial charge >= 0.3 is 0 Å². The molecule has 1 aromatic heterocycles. The third-order valence-electron chi connectivity index (χ3n) is 3.35. The molecule has 2 rings (SSSR count). The van der Waals surface area contributed by atoms with E-state index in [0.29, 0.717) is 23.2 Å². The number of hydrogen-bond donors (Lipinski definition) is 2. The van der Waals surface area contributed by atoms with E-state index in [0.717, 1.165) is 32.4 Å². The van der Waals surface area contributed by atoms with Crippen LogP contribution < -0.4 is 10.6 Å². The SMILES string of the molecule is CC(=O)c1csc(NC(=O)CCC2CCNCC2)n1. The molecule has 104 valence electrons. The number of carbonyl (C=O) groups excluding carboxylic acids is 2. The Kier molecular flexibility index (Phi) is 5.04. The molecule has 0 unspecified atom stereocenters. The zero-order valence-corrected chi connectivity index (χ0v) is 11.9. The maximum atomic E-state index is 11.8. The number of thiazole rings is 1. The Balaban J connectivity index is 1.75. The van der Waals surface area contributed by atoms with Gasteiger partial charge in [-0.15, -0.1) is 11.3 Å². The van der Waals surface area contributed by atoms with Crippen LogP contribution >= 0.6 is 11.3 Å². The zero-order chi connectivity index (χ0) is 13.7. The summed E-state index contributed by atoms with van der Waals surface area (Å²) >= 11 is 1.29. The number of amides is 1. The number of piperidine rings is 1. The molecule has 0 aromatic carbocycles. The first-order valence-corrected chi connectivity index (χ1v) is 7.50. The second-order valence-electron chi connectivity index (χ2n) is 4.87. The molecule has 1 aromatic rings. The monoisotopic (exact) mass is 281 g/mol. The van der Waals surface area contributed by atoms with Crippen LogP contribution in [0.15, 0.2) is 5.38 Å². The Morgan fingerprint density at radius 1 is 1.47 bits per heavy atom. The molecule has 0 bridgehead atoms. The third-order valence-corrected chi connectivity index (χ3v) is 4.11. The second-order valence-corrected chi connectivity index (χ2v) is 5.73. The third kappa shape index (κ3) is 4.40. The highest BCUT2D eigenvalue weighted by atomic mass is 32.1. The van der Waals surface area contributed by atoms with Gasteiger partial charge in [0.2, 0.25) is 5.91 Å². The van der Waals surface area contributed by atoms with Crippen molar-refractivity contribution in [1.29, 1.82) is 0 Å². The summed E-state index contributed by atoms with van der Waals surface area (Å²) in [5, 5.41) is 8.26. The molecule has 19 heavy (non-hydrogen) atoms. The van der Waals surface area contributed by atoms with E-state index in [1.807, 2.05) is 0 Å². The quantitative estimate of drug-likeness (QED) is 0.810. The van der Waals surface area contributed by atoms with Crippen molar-refractivity contribution in [3.63, 3.8) is 0 Å². The van der Waals surface area contributed by atoms with Crippen LogP contribution in [0.3, 0.4) is 0 Å². The molecular weight excluding hydrogens is 262 g/mol. The Morgan fingerprint density at radius 3 is 2.84 bits per heavy atom. The summed E-state index contributed by atoms with van der Waals surface area (Å²) in [5.74, 6) is 0.561. The highest BCUT2D eigenvalue weighted by Crippen LogP contribution is 2.19. The van der Waals surface area contributed by atoms with E-state index in [1.165, 1.54) is 18.3 Å². The molecule has 0 atom stereocenters. The lowest BCUT2D eigenvalue weighted by Crippen LogP contribution is -2.28. The number of carbonyl (C=O) groups is 2. The zero-order valence-electron chi connectivity index (χ0n) is 11.1. The van der Waals surface area contributed by atoms with Gasteiger partial charge < -0.3 is 10.6 Å². The van der Waals surface area contributed by atoms with Crippen LogP contribution in [0.4, 0.5) is 5.13 Å². The number of nitrogens with zero attached hydrogens (tertiary/aromatic N) is 1. The highest BCUT2D eigenvalue weighted by Gasteiger charge is 2.15. The molecule has 1 saturated heterocycles. The van der Waals surface area contributed by atoms with E-state index in [1.54, 1.807) is 5.38 Å².